The summed E-state index contributed by atoms with van der Waals surface area (Å²) in [6, 6.07) is 10.1. The summed E-state index contributed by atoms with van der Waals surface area (Å²) in [7, 11) is 1.23. The summed E-state index contributed by atoms with van der Waals surface area (Å²) in [6.07, 6.45) is 0. The first-order valence-corrected chi connectivity index (χ1v) is 11.5. The van der Waals surface area contributed by atoms with Gasteiger partial charge in [0.25, 0.3) is 5.91 Å². The lowest BCUT2D eigenvalue weighted by Gasteiger charge is -2.11. The van der Waals surface area contributed by atoms with Crippen LogP contribution >= 0.6 is 11.3 Å². The number of nitrogens with one attached hydrogen (secondary N) is 1. The number of carbonyl (C=O) groups excluding carboxylic acids is 1. The molecule has 0 aliphatic carbocycles. The minimum atomic E-state index is -3.36. The summed E-state index contributed by atoms with van der Waals surface area (Å²) in [6.45, 7) is 1.26. The molecule has 0 spiro atoms. The normalized spacial score (nSPS) is 12.0. The third-order valence-electron chi connectivity index (χ3n) is 4.49. The summed E-state index contributed by atoms with van der Waals surface area (Å²) >= 11 is 1.38. The van der Waals surface area contributed by atoms with Gasteiger partial charge in [-0.1, -0.05) is 18.2 Å². The van der Waals surface area contributed by atoms with Crippen molar-refractivity contribution in [2.75, 3.05) is 40.1 Å². The number of nitrogens with zero attached hydrogens (tertiary/aromatic N) is 3. The topological polar surface area (TPSA) is 93.5 Å². The van der Waals surface area contributed by atoms with Gasteiger partial charge in [0.05, 0.1) is 18.1 Å². The molecule has 1 aromatic carbocycles. The summed E-state index contributed by atoms with van der Waals surface area (Å²) in [5.74, 6) is -0.547. The van der Waals surface area contributed by atoms with E-state index in [0.717, 1.165) is 25.9 Å². The molecule has 0 unspecified atom stereocenters. The van der Waals surface area contributed by atoms with Gasteiger partial charge in [-0.15, -0.1) is 11.3 Å². The summed E-state index contributed by atoms with van der Waals surface area (Å²) in [5.41, 5.74) is 2.27. The summed E-state index contributed by atoms with van der Waals surface area (Å²) in [5, 5.41) is 6.12. The molecule has 0 aliphatic rings. The van der Waals surface area contributed by atoms with Gasteiger partial charge in [-0.05, 0) is 12.1 Å². The van der Waals surface area contributed by atoms with Crippen LogP contribution in [0.2, 0.25) is 0 Å². The lowest BCUT2D eigenvalue weighted by atomic mass is 10.2. The largest absolute Gasteiger partial charge is 0.383 e. The van der Waals surface area contributed by atoms with Crippen LogP contribution in [-0.4, -0.2) is 68.3 Å². The maximum absolute atomic E-state index is 12.4. The van der Waals surface area contributed by atoms with Crippen LogP contribution in [0.25, 0.3) is 21.6 Å². The van der Waals surface area contributed by atoms with E-state index < -0.39 is 10.0 Å². The summed E-state index contributed by atoms with van der Waals surface area (Å²) < 4.78 is 32.1. The number of hydrogen-bond acceptors (Lipinski definition) is 6. The molecule has 1 amide bonds. The molecule has 3 rings (SSSR count). The number of para-hydroxylation sites is 1. The first-order valence-electron chi connectivity index (χ1n) is 9.05. The highest BCUT2D eigenvalue weighted by Crippen LogP contribution is 2.30. The van der Waals surface area contributed by atoms with Crippen LogP contribution in [-0.2, 0) is 21.3 Å². The van der Waals surface area contributed by atoms with Crippen molar-refractivity contribution in [2.45, 2.75) is 6.54 Å². The Morgan fingerprint density at radius 1 is 1.31 bits per heavy atom. The number of hydrogen-bond donors (Lipinski definition) is 1. The molecule has 0 saturated carbocycles. The Morgan fingerprint density at radius 3 is 2.79 bits per heavy atom. The third-order valence-corrected chi connectivity index (χ3v) is 7.18. The number of amides is 1. The van der Waals surface area contributed by atoms with Crippen molar-refractivity contribution in [3.8, 4) is 10.7 Å². The monoisotopic (exact) mass is 436 g/mol. The van der Waals surface area contributed by atoms with Gasteiger partial charge in [0, 0.05) is 50.6 Å². The number of thiazole rings is 1. The number of methoxy groups -OCH3 is 1. The van der Waals surface area contributed by atoms with Gasteiger partial charge in [0.1, 0.15) is 10.7 Å². The van der Waals surface area contributed by atoms with Crippen LogP contribution in [0, 0.1) is 0 Å². The van der Waals surface area contributed by atoms with Gasteiger partial charge in [-0.2, -0.15) is 0 Å². The zero-order valence-electron chi connectivity index (χ0n) is 16.6. The van der Waals surface area contributed by atoms with Crippen molar-refractivity contribution >= 4 is 38.2 Å². The predicted octanol–water partition coefficient (Wildman–Crippen LogP) is 2.03. The Kier molecular flexibility index (Phi) is 6.68. The molecule has 2 aromatic heterocycles. The molecule has 0 aliphatic heterocycles. The number of ether oxygens (including phenoxy) is 1. The quantitative estimate of drug-likeness (QED) is 0.554. The highest BCUT2D eigenvalue weighted by Gasteiger charge is 2.18. The summed E-state index contributed by atoms with van der Waals surface area (Å²) in [4.78, 5) is 16.9. The highest BCUT2D eigenvalue weighted by molar-refractivity contribution is 7.89. The molecule has 156 valence electrons. The van der Waals surface area contributed by atoms with Crippen molar-refractivity contribution in [3.05, 3.63) is 41.4 Å². The van der Waals surface area contributed by atoms with Gasteiger partial charge in [0.15, 0.2) is 0 Å². The Labute approximate surface area is 174 Å². The van der Waals surface area contributed by atoms with E-state index in [4.69, 9.17) is 4.74 Å². The van der Waals surface area contributed by atoms with E-state index in [1.165, 1.54) is 25.4 Å². The number of benzene rings is 1. The smallest absolute Gasteiger partial charge is 0.270 e. The number of sulfonamides is 1. The van der Waals surface area contributed by atoms with E-state index in [1.54, 1.807) is 12.5 Å². The predicted molar refractivity (Wildman–Crippen MR) is 115 cm³/mol. The first-order chi connectivity index (χ1) is 13.8. The van der Waals surface area contributed by atoms with Crippen LogP contribution < -0.4 is 5.32 Å². The number of rotatable bonds is 9. The second-order valence-electron chi connectivity index (χ2n) is 6.63. The number of carbonyl (C=O) groups is 1. The molecular formula is C19H24N4O4S2. The molecule has 29 heavy (non-hydrogen) atoms. The molecule has 10 heteroatoms. The average Bonchev–Trinajstić information content (AvgIpc) is 3.31. The van der Waals surface area contributed by atoms with Crippen LogP contribution in [0.1, 0.15) is 10.5 Å². The molecule has 0 bridgehead atoms. The minimum absolute atomic E-state index is 0.0281. The molecule has 2 heterocycles. The van der Waals surface area contributed by atoms with E-state index in [-0.39, 0.29) is 23.9 Å². The SMILES string of the molecule is COCCn1c(-c2nc(C(=O)NCCS(=O)(=O)N(C)C)cs2)cc2ccccc21. The fourth-order valence-electron chi connectivity index (χ4n) is 2.87. The molecule has 0 fully saturated rings. The van der Waals surface area contributed by atoms with Crippen LogP contribution in [0.3, 0.4) is 0 Å². The first kappa shape index (κ1) is 21.4. The van der Waals surface area contributed by atoms with Gasteiger partial charge < -0.3 is 14.6 Å². The Bertz CT molecular complexity index is 1100. The fourth-order valence-corrected chi connectivity index (χ4v) is 4.42. The van der Waals surface area contributed by atoms with Gasteiger partial charge in [0.2, 0.25) is 10.0 Å². The van der Waals surface area contributed by atoms with Gasteiger partial charge in [-0.25, -0.2) is 17.7 Å². The number of fused-ring (bicyclic) bond motifs is 1. The lowest BCUT2D eigenvalue weighted by molar-refractivity contribution is 0.0952. The zero-order valence-corrected chi connectivity index (χ0v) is 18.2. The highest BCUT2D eigenvalue weighted by atomic mass is 32.2. The van der Waals surface area contributed by atoms with Crippen LogP contribution in [0.15, 0.2) is 35.7 Å². The van der Waals surface area contributed by atoms with E-state index >= 15 is 0 Å². The molecule has 1 N–H and O–H groups in total. The minimum Gasteiger partial charge on any atom is -0.383 e. The van der Waals surface area contributed by atoms with Crippen molar-refractivity contribution in [2.24, 2.45) is 0 Å². The van der Waals surface area contributed by atoms with Crippen molar-refractivity contribution in [1.29, 1.82) is 0 Å². The van der Waals surface area contributed by atoms with Gasteiger partial charge in [-0.3, -0.25) is 4.79 Å². The molecule has 0 radical (unpaired) electrons. The second kappa shape index (κ2) is 9.04. The molecular weight excluding hydrogens is 412 g/mol. The van der Waals surface area contributed by atoms with Crippen molar-refractivity contribution in [1.82, 2.24) is 19.2 Å². The Hall–Kier alpha value is -2.27. The van der Waals surface area contributed by atoms with Crippen molar-refractivity contribution < 1.29 is 17.9 Å². The van der Waals surface area contributed by atoms with Gasteiger partial charge >= 0.3 is 0 Å². The molecule has 0 saturated heterocycles. The average molecular weight is 437 g/mol. The third kappa shape index (κ3) is 4.84. The maximum atomic E-state index is 12.4. The van der Waals surface area contributed by atoms with Crippen LogP contribution in [0.5, 0.6) is 0 Å². The molecule has 0 atom stereocenters. The molecule has 3 aromatic rings. The Morgan fingerprint density at radius 2 is 2.07 bits per heavy atom. The number of aromatic nitrogens is 2. The maximum Gasteiger partial charge on any atom is 0.270 e. The van der Waals surface area contributed by atoms with E-state index in [0.29, 0.717) is 13.2 Å². The zero-order chi connectivity index (χ0) is 21.0. The van der Waals surface area contributed by atoms with Crippen LogP contribution in [0.4, 0.5) is 0 Å². The lowest BCUT2D eigenvalue weighted by Crippen LogP contribution is -2.34. The van der Waals surface area contributed by atoms with E-state index in [9.17, 15) is 13.2 Å². The van der Waals surface area contributed by atoms with E-state index in [2.05, 4.69) is 20.9 Å². The molecule has 8 nitrogen and oxygen atoms in total. The van der Waals surface area contributed by atoms with Crippen molar-refractivity contribution in [3.63, 3.8) is 0 Å². The standard InChI is InChI=1S/C19H24N4O4S2/c1-22(2)29(25,26)11-8-20-18(24)15-13-28-19(21-15)17-12-14-6-4-5-7-16(14)23(17)9-10-27-3/h4-7,12-13H,8-11H2,1-3H3,(H,20,24). The second-order valence-corrected chi connectivity index (χ2v) is 9.79. The van der Waals surface area contributed by atoms with E-state index in [1.807, 2.05) is 24.3 Å². The fraction of sp³-hybridized carbons (Fsp3) is 0.368. The Balaban J connectivity index is 1.78.